The highest BCUT2D eigenvalue weighted by Crippen LogP contribution is 2.39. The fourth-order valence-corrected chi connectivity index (χ4v) is 2.68. The third-order valence-corrected chi connectivity index (χ3v) is 3.92. The highest BCUT2D eigenvalue weighted by Gasteiger charge is 2.32. The summed E-state index contributed by atoms with van der Waals surface area (Å²) >= 11 is 0. The first kappa shape index (κ1) is 19.7. The van der Waals surface area contributed by atoms with Crippen LogP contribution >= 0.6 is 0 Å². The Hall–Kier alpha value is -3.10. The van der Waals surface area contributed by atoms with Gasteiger partial charge >= 0.3 is 0 Å². The van der Waals surface area contributed by atoms with E-state index in [-0.39, 0.29) is 28.6 Å². The van der Waals surface area contributed by atoms with Crippen LogP contribution in [0.15, 0.2) is 22.8 Å². The fraction of sp³-hybridized carbons (Fsp3) is 0.211. The number of ketones is 1. The van der Waals surface area contributed by atoms with Crippen LogP contribution in [0.4, 0.5) is 22.0 Å². The van der Waals surface area contributed by atoms with Crippen molar-refractivity contribution in [1.29, 1.82) is 0 Å². The number of hydrogen-bond acceptors (Lipinski definition) is 4. The molecular formula is C19H13F5O4. The zero-order chi connectivity index (χ0) is 20.7. The van der Waals surface area contributed by atoms with E-state index in [1.807, 2.05) is 0 Å². The van der Waals surface area contributed by atoms with Crippen molar-refractivity contribution in [3.63, 3.8) is 0 Å². The van der Waals surface area contributed by atoms with Crippen LogP contribution in [0.1, 0.15) is 29.8 Å². The number of methoxy groups -OCH3 is 1. The highest BCUT2D eigenvalue weighted by atomic mass is 19.2. The van der Waals surface area contributed by atoms with Crippen molar-refractivity contribution in [2.75, 3.05) is 7.11 Å². The first-order valence-electron chi connectivity index (χ1n) is 8.00. The number of ether oxygens (including phenoxy) is 2. The molecule has 0 bridgehead atoms. The minimum absolute atomic E-state index is 0.0280. The Morgan fingerprint density at radius 2 is 1.54 bits per heavy atom. The molecule has 0 spiro atoms. The molecule has 28 heavy (non-hydrogen) atoms. The molecule has 0 aliphatic carbocycles. The zero-order valence-electron chi connectivity index (χ0n) is 14.8. The minimum Gasteiger partial charge on any atom is -0.493 e. The van der Waals surface area contributed by atoms with Crippen LogP contribution in [0, 0.1) is 29.1 Å². The topological polar surface area (TPSA) is 48.7 Å². The fourth-order valence-electron chi connectivity index (χ4n) is 2.68. The molecular weight excluding hydrogens is 387 g/mol. The van der Waals surface area contributed by atoms with Gasteiger partial charge in [0.2, 0.25) is 17.3 Å². The van der Waals surface area contributed by atoms with Crippen LogP contribution < -0.4 is 9.47 Å². The quantitative estimate of drug-likeness (QED) is 0.257. The predicted molar refractivity (Wildman–Crippen MR) is 88.2 cm³/mol. The van der Waals surface area contributed by atoms with Gasteiger partial charge in [-0.3, -0.25) is 4.79 Å². The van der Waals surface area contributed by atoms with Crippen molar-refractivity contribution < 1.29 is 40.6 Å². The van der Waals surface area contributed by atoms with Crippen molar-refractivity contribution in [1.82, 2.24) is 0 Å². The normalized spacial score (nSPS) is 11.3. The van der Waals surface area contributed by atoms with E-state index in [9.17, 15) is 26.7 Å². The van der Waals surface area contributed by atoms with Gasteiger partial charge in [-0.1, -0.05) is 0 Å². The molecule has 0 atom stereocenters. The van der Waals surface area contributed by atoms with Gasteiger partial charge in [0, 0.05) is 5.39 Å². The molecule has 0 radical (unpaired) electrons. The van der Waals surface area contributed by atoms with Crippen LogP contribution in [-0.2, 0) is 0 Å². The van der Waals surface area contributed by atoms with Crippen LogP contribution in [0.3, 0.4) is 0 Å². The lowest BCUT2D eigenvalue weighted by Gasteiger charge is -2.13. The molecule has 2 aromatic carbocycles. The van der Waals surface area contributed by atoms with Crippen molar-refractivity contribution >= 4 is 16.8 Å². The largest absolute Gasteiger partial charge is 0.493 e. The average molecular weight is 400 g/mol. The summed E-state index contributed by atoms with van der Waals surface area (Å²) in [5, 5.41) is 0.0605. The van der Waals surface area contributed by atoms with E-state index >= 15 is 0 Å². The van der Waals surface area contributed by atoms with E-state index in [0.29, 0.717) is 0 Å². The smallest absolute Gasteiger partial charge is 0.205 e. The number of carbonyl (C=O) groups is 1. The summed E-state index contributed by atoms with van der Waals surface area (Å²) in [4.78, 5) is 12.6. The molecule has 3 aromatic rings. The van der Waals surface area contributed by atoms with Gasteiger partial charge in [-0.05, 0) is 26.0 Å². The van der Waals surface area contributed by atoms with Gasteiger partial charge in [-0.25, -0.2) is 22.0 Å². The lowest BCUT2D eigenvalue weighted by atomic mass is 10.0. The second-order valence-corrected chi connectivity index (χ2v) is 6.06. The minimum atomic E-state index is -2.35. The standard InChI is InChI=1S/C19H13F5O4/c1-7(2)28-19-10(26-3)5-4-8-9(6-27-18(8)19)17(25)11-12(20)14(22)16(24)15(23)13(11)21/h4-7H,1-3H3. The predicted octanol–water partition coefficient (Wildman–Crippen LogP) is 5.16. The molecule has 0 saturated carbocycles. The Bertz CT molecular complexity index is 1060. The number of benzene rings is 2. The van der Waals surface area contributed by atoms with E-state index in [1.165, 1.54) is 19.2 Å². The molecule has 9 heteroatoms. The Morgan fingerprint density at radius 3 is 2.07 bits per heavy atom. The summed E-state index contributed by atoms with van der Waals surface area (Å²) in [6.45, 7) is 3.45. The van der Waals surface area contributed by atoms with Crippen molar-refractivity contribution in [3.05, 3.63) is 58.6 Å². The van der Waals surface area contributed by atoms with Gasteiger partial charge in [0.05, 0.1) is 18.8 Å². The third kappa shape index (κ3) is 2.96. The van der Waals surface area contributed by atoms with Gasteiger partial charge in [0.1, 0.15) is 11.8 Å². The molecule has 0 unspecified atom stereocenters. The Morgan fingerprint density at radius 1 is 0.964 bits per heavy atom. The SMILES string of the molecule is COc1ccc2c(C(=O)c3c(F)c(F)c(F)c(F)c3F)coc2c1OC(C)C. The summed E-state index contributed by atoms with van der Waals surface area (Å²) in [5.74, 6) is -12.2. The molecule has 3 rings (SSSR count). The maximum absolute atomic E-state index is 14.0. The third-order valence-electron chi connectivity index (χ3n) is 3.92. The van der Waals surface area contributed by atoms with E-state index in [4.69, 9.17) is 13.9 Å². The molecule has 4 nitrogen and oxygen atoms in total. The second-order valence-electron chi connectivity index (χ2n) is 6.06. The first-order valence-corrected chi connectivity index (χ1v) is 8.00. The Balaban J connectivity index is 2.23. The van der Waals surface area contributed by atoms with Crippen molar-refractivity contribution in [3.8, 4) is 11.5 Å². The maximum Gasteiger partial charge on any atom is 0.205 e. The van der Waals surface area contributed by atoms with Gasteiger partial charge in [0.25, 0.3) is 0 Å². The number of halogens is 5. The maximum atomic E-state index is 14.0. The summed E-state index contributed by atoms with van der Waals surface area (Å²) < 4.78 is 84.2. The highest BCUT2D eigenvalue weighted by molar-refractivity contribution is 6.16. The summed E-state index contributed by atoms with van der Waals surface area (Å²) in [6, 6.07) is 2.77. The first-order chi connectivity index (χ1) is 13.2. The van der Waals surface area contributed by atoms with Crippen LogP contribution in [0.2, 0.25) is 0 Å². The Labute approximate surface area is 155 Å². The number of hydrogen-bond donors (Lipinski definition) is 0. The van der Waals surface area contributed by atoms with Crippen molar-refractivity contribution in [2.45, 2.75) is 20.0 Å². The number of rotatable bonds is 5. The van der Waals surface area contributed by atoms with Gasteiger partial charge in [-0.15, -0.1) is 0 Å². The molecule has 0 aliphatic rings. The lowest BCUT2D eigenvalue weighted by molar-refractivity contribution is 0.102. The van der Waals surface area contributed by atoms with E-state index in [2.05, 4.69) is 0 Å². The molecule has 1 heterocycles. The van der Waals surface area contributed by atoms with E-state index < -0.39 is 46.0 Å². The Kier molecular flexibility index (Phi) is 5.01. The number of carbonyl (C=O) groups excluding carboxylic acids is 1. The van der Waals surface area contributed by atoms with Gasteiger partial charge in [-0.2, -0.15) is 0 Å². The summed E-state index contributed by atoms with van der Waals surface area (Å²) in [5.41, 5.74) is -1.93. The van der Waals surface area contributed by atoms with Crippen LogP contribution in [-0.4, -0.2) is 19.0 Å². The lowest BCUT2D eigenvalue weighted by Crippen LogP contribution is -2.13. The second kappa shape index (κ2) is 7.14. The van der Waals surface area contributed by atoms with Gasteiger partial charge in [0.15, 0.2) is 34.6 Å². The molecule has 0 aliphatic heterocycles. The van der Waals surface area contributed by atoms with Crippen molar-refractivity contribution in [2.24, 2.45) is 0 Å². The molecule has 148 valence electrons. The van der Waals surface area contributed by atoms with Crippen LogP contribution in [0.25, 0.3) is 11.0 Å². The summed E-state index contributed by atoms with van der Waals surface area (Å²) in [6.07, 6.45) is 0.552. The van der Waals surface area contributed by atoms with E-state index in [0.717, 1.165) is 6.26 Å². The number of fused-ring (bicyclic) bond motifs is 1. The van der Waals surface area contributed by atoms with E-state index in [1.54, 1.807) is 13.8 Å². The zero-order valence-corrected chi connectivity index (χ0v) is 14.8. The molecule has 0 amide bonds. The number of furan rings is 1. The monoisotopic (exact) mass is 400 g/mol. The van der Waals surface area contributed by atoms with Gasteiger partial charge < -0.3 is 13.9 Å². The average Bonchev–Trinajstić information content (AvgIpc) is 3.09. The molecule has 1 aromatic heterocycles. The molecule has 0 fully saturated rings. The molecule has 0 N–H and O–H groups in total. The molecule has 0 saturated heterocycles. The summed E-state index contributed by atoms with van der Waals surface area (Å²) in [7, 11) is 1.37. The van der Waals surface area contributed by atoms with Crippen LogP contribution in [0.5, 0.6) is 11.5 Å².